The maximum absolute atomic E-state index is 5.94. The second kappa shape index (κ2) is 4.33. The Bertz CT molecular complexity index is 271. The van der Waals surface area contributed by atoms with Crippen LogP contribution in [-0.4, -0.2) is 16.0 Å². The molecule has 0 radical (unpaired) electrons. The number of nitrogens with two attached hydrogens (primary N) is 1. The van der Waals surface area contributed by atoms with Gasteiger partial charge in [0.05, 0.1) is 0 Å². The van der Waals surface area contributed by atoms with Crippen LogP contribution in [-0.2, 0) is 6.42 Å². The smallest absolute Gasteiger partial charge is 0.125 e. The van der Waals surface area contributed by atoms with Crippen LogP contribution in [0.2, 0.25) is 0 Å². The van der Waals surface area contributed by atoms with Crippen LogP contribution in [0.5, 0.6) is 0 Å². The second-order valence-electron chi connectivity index (χ2n) is 3.71. The molecule has 0 spiro atoms. The standard InChI is InChI=1S/C10H17N3/c1-7(2)10(11)6-9-4-5-12-8(3)13-9/h4-5,7,10H,6,11H2,1-3H3. The minimum Gasteiger partial charge on any atom is -0.327 e. The summed E-state index contributed by atoms with van der Waals surface area (Å²) in [5.74, 6) is 1.31. The Hall–Kier alpha value is -0.960. The van der Waals surface area contributed by atoms with Crippen LogP contribution < -0.4 is 5.73 Å². The second-order valence-corrected chi connectivity index (χ2v) is 3.71. The molecule has 2 N–H and O–H groups in total. The Balaban J connectivity index is 2.64. The molecule has 0 aromatic carbocycles. The van der Waals surface area contributed by atoms with E-state index in [0.717, 1.165) is 17.9 Å². The lowest BCUT2D eigenvalue weighted by atomic mass is 10.0. The highest BCUT2D eigenvalue weighted by atomic mass is 14.9. The van der Waals surface area contributed by atoms with Gasteiger partial charge in [0.25, 0.3) is 0 Å². The molecule has 1 heterocycles. The van der Waals surface area contributed by atoms with E-state index in [-0.39, 0.29) is 6.04 Å². The van der Waals surface area contributed by atoms with Gasteiger partial charge in [0.15, 0.2) is 0 Å². The van der Waals surface area contributed by atoms with E-state index in [2.05, 4.69) is 23.8 Å². The Morgan fingerprint density at radius 3 is 2.69 bits per heavy atom. The van der Waals surface area contributed by atoms with Crippen molar-refractivity contribution >= 4 is 0 Å². The summed E-state index contributed by atoms with van der Waals surface area (Å²) in [5, 5.41) is 0. The molecule has 0 aliphatic carbocycles. The summed E-state index contributed by atoms with van der Waals surface area (Å²) in [6.45, 7) is 6.14. The molecule has 0 aliphatic rings. The normalized spacial score (nSPS) is 13.3. The van der Waals surface area contributed by atoms with Crippen LogP contribution in [0.1, 0.15) is 25.4 Å². The molecule has 0 saturated carbocycles. The zero-order chi connectivity index (χ0) is 9.84. The van der Waals surface area contributed by atoms with E-state index in [4.69, 9.17) is 5.73 Å². The molecule has 1 unspecified atom stereocenters. The third-order valence-corrected chi connectivity index (χ3v) is 2.13. The fraction of sp³-hybridized carbons (Fsp3) is 0.600. The van der Waals surface area contributed by atoms with Gasteiger partial charge in [0.2, 0.25) is 0 Å². The molecule has 0 fully saturated rings. The zero-order valence-corrected chi connectivity index (χ0v) is 8.49. The number of hydrogen-bond donors (Lipinski definition) is 1. The van der Waals surface area contributed by atoms with E-state index in [1.807, 2.05) is 13.0 Å². The number of rotatable bonds is 3. The summed E-state index contributed by atoms with van der Waals surface area (Å²) >= 11 is 0. The highest BCUT2D eigenvalue weighted by Crippen LogP contribution is 2.05. The molecule has 1 rings (SSSR count). The number of nitrogens with zero attached hydrogens (tertiary/aromatic N) is 2. The molecule has 0 amide bonds. The minimum atomic E-state index is 0.189. The number of aryl methyl sites for hydroxylation is 1. The quantitative estimate of drug-likeness (QED) is 0.761. The Kier molecular flexibility index (Phi) is 3.37. The van der Waals surface area contributed by atoms with Gasteiger partial charge < -0.3 is 5.73 Å². The van der Waals surface area contributed by atoms with E-state index in [9.17, 15) is 0 Å². The van der Waals surface area contributed by atoms with Crippen molar-refractivity contribution in [1.82, 2.24) is 9.97 Å². The van der Waals surface area contributed by atoms with Crippen molar-refractivity contribution in [3.05, 3.63) is 23.8 Å². The van der Waals surface area contributed by atoms with Gasteiger partial charge >= 0.3 is 0 Å². The van der Waals surface area contributed by atoms with Gasteiger partial charge in [-0.1, -0.05) is 13.8 Å². The lowest BCUT2D eigenvalue weighted by Crippen LogP contribution is -2.29. The predicted molar refractivity (Wildman–Crippen MR) is 53.3 cm³/mol. The molecular formula is C10H17N3. The molecule has 0 saturated heterocycles. The van der Waals surface area contributed by atoms with Gasteiger partial charge in [0, 0.05) is 24.4 Å². The average Bonchev–Trinajstić information content (AvgIpc) is 2.04. The SMILES string of the molecule is Cc1nccc(CC(N)C(C)C)n1. The van der Waals surface area contributed by atoms with Crippen LogP contribution in [0, 0.1) is 12.8 Å². The fourth-order valence-corrected chi connectivity index (χ4v) is 1.10. The van der Waals surface area contributed by atoms with E-state index in [1.54, 1.807) is 6.20 Å². The monoisotopic (exact) mass is 179 g/mol. The van der Waals surface area contributed by atoms with Crippen molar-refractivity contribution in [1.29, 1.82) is 0 Å². The summed E-state index contributed by atoms with van der Waals surface area (Å²) in [6.07, 6.45) is 2.62. The summed E-state index contributed by atoms with van der Waals surface area (Å²) in [5.41, 5.74) is 6.97. The third kappa shape index (κ3) is 3.11. The maximum atomic E-state index is 5.94. The molecule has 3 heteroatoms. The average molecular weight is 179 g/mol. The first kappa shape index (κ1) is 10.1. The summed E-state index contributed by atoms with van der Waals surface area (Å²) in [6, 6.07) is 2.11. The van der Waals surface area contributed by atoms with Crippen LogP contribution in [0.3, 0.4) is 0 Å². The van der Waals surface area contributed by atoms with Crippen molar-refractivity contribution in [2.75, 3.05) is 0 Å². The van der Waals surface area contributed by atoms with Gasteiger partial charge in [-0.15, -0.1) is 0 Å². The fourth-order valence-electron chi connectivity index (χ4n) is 1.10. The molecule has 0 bridgehead atoms. The number of aromatic nitrogens is 2. The summed E-state index contributed by atoms with van der Waals surface area (Å²) < 4.78 is 0. The topological polar surface area (TPSA) is 51.8 Å². The first-order valence-corrected chi connectivity index (χ1v) is 4.63. The van der Waals surface area contributed by atoms with Crippen molar-refractivity contribution < 1.29 is 0 Å². The minimum absolute atomic E-state index is 0.189. The molecule has 1 aromatic heterocycles. The van der Waals surface area contributed by atoms with Gasteiger partial charge in [-0.3, -0.25) is 0 Å². The maximum Gasteiger partial charge on any atom is 0.125 e. The first-order chi connectivity index (χ1) is 6.09. The first-order valence-electron chi connectivity index (χ1n) is 4.63. The number of hydrogen-bond acceptors (Lipinski definition) is 3. The molecule has 1 atom stereocenters. The Morgan fingerprint density at radius 2 is 2.15 bits per heavy atom. The molecular weight excluding hydrogens is 162 g/mol. The molecule has 72 valence electrons. The highest BCUT2D eigenvalue weighted by Gasteiger charge is 2.09. The van der Waals surface area contributed by atoms with E-state index >= 15 is 0 Å². The Morgan fingerprint density at radius 1 is 1.46 bits per heavy atom. The predicted octanol–water partition coefficient (Wildman–Crippen LogP) is 1.31. The van der Waals surface area contributed by atoms with Crippen LogP contribution in [0.15, 0.2) is 12.3 Å². The van der Waals surface area contributed by atoms with E-state index in [0.29, 0.717) is 5.92 Å². The highest BCUT2D eigenvalue weighted by molar-refractivity contribution is 5.03. The molecule has 1 aromatic rings. The largest absolute Gasteiger partial charge is 0.327 e. The molecule has 0 aliphatic heterocycles. The Labute approximate surface area is 79.4 Å². The van der Waals surface area contributed by atoms with Crippen molar-refractivity contribution in [3.63, 3.8) is 0 Å². The summed E-state index contributed by atoms with van der Waals surface area (Å²) in [7, 11) is 0. The van der Waals surface area contributed by atoms with E-state index < -0.39 is 0 Å². The van der Waals surface area contributed by atoms with Crippen LogP contribution in [0.4, 0.5) is 0 Å². The van der Waals surface area contributed by atoms with Crippen molar-refractivity contribution in [2.45, 2.75) is 33.2 Å². The van der Waals surface area contributed by atoms with Crippen molar-refractivity contribution in [3.8, 4) is 0 Å². The van der Waals surface area contributed by atoms with Gasteiger partial charge in [-0.05, 0) is 18.9 Å². The third-order valence-electron chi connectivity index (χ3n) is 2.13. The lowest BCUT2D eigenvalue weighted by Gasteiger charge is -2.14. The van der Waals surface area contributed by atoms with Gasteiger partial charge in [-0.2, -0.15) is 0 Å². The van der Waals surface area contributed by atoms with Crippen molar-refractivity contribution in [2.24, 2.45) is 11.7 Å². The molecule has 13 heavy (non-hydrogen) atoms. The zero-order valence-electron chi connectivity index (χ0n) is 8.49. The lowest BCUT2D eigenvalue weighted by molar-refractivity contribution is 0.486. The van der Waals surface area contributed by atoms with Crippen LogP contribution in [0.25, 0.3) is 0 Å². The molecule has 3 nitrogen and oxygen atoms in total. The van der Waals surface area contributed by atoms with E-state index in [1.165, 1.54) is 0 Å². The van der Waals surface area contributed by atoms with Gasteiger partial charge in [0.1, 0.15) is 5.82 Å². The van der Waals surface area contributed by atoms with Gasteiger partial charge in [-0.25, -0.2) is 9.97 Å². The summed E-state index contributed by atoms with van der Waals surface area (Å²) in [4.78, 5) is 8.34. The van der Waals surface area contributed by atoms with Crippen LogP contribution >= 0.6 is 0 Å².